The Bertz CT molecular complexity index is 599. The fraction of sp³-hybridized carbons (Fsp3) is 0.733. The third-order valence-corrected chi connectivity index (χ3v) is 5.02. The fourth-order valence-electron chi connectivity index (χ4n) is 2.47. The Hall–Kier alpha value is -1.09. The van der Waals surface area contributed by atoms with Crippen LogP contribution in [-0.2, 0) is 4.74 Å². The van der Waals surface area contributed by atoms with E-state index >= 15 is 0 Å². The second-order valence-electron chi connectivity index (χ2n) is 6.80. The Morgan fingerprint density at radius 1 is 1.43 bits per heavy atom. The number of aromatic nitrogens is 2. The van der Waals surface area contributed by atoms with Gasteiger partial charge in [-0.05, 0) is 6.07 Å². The van der Waals surface area contributed by atoms with Crippen LogP contribution in [0.3, 0.4) is 0 Å². The second kappa shape index (κ2) is 6.80. The van der Waals surface area contributed by atoms with E-state index in [4.69, 9.17) is 4.74 Å². The summed E-state index contributed by atoms with van der Waals surface area (Å²) in [7, 11) is 3.62. The molecule has 0 aromatic carbocycles. The Kier molecular flexibility index (Phi) is 5.40. The first-order valence-electron chi connectivity index (χ1n) is 7.53. The maximum Gasteiger partial charge on any atom is 0.351 e. The topological polar surface area (TPSA) is 87.8 Å². The van der Waals surface area contributed by atoms with Gasteiger partial charge in [0.05, 0.1) is 18.0 Å². The van der Waals surface area contributed by atoms with E-state index < -0.39 is 24.1 Å². The highest BCUT2D eigenvalue weighted by molar-refractivity contribution is 8.01. The standard InChI is InChI=1S/C15H25N3O4S/c1-15(2,3)23-12-11(20)9(8-19)22-13(12)18-7-6-10(17(4)5)16-14(18)21/h6-7,9,11-13,19-20H,8H2,1-5H3/t9-,11+,12-,13-/m0/s1. The number of aliphatic hydroxyl groups excluding tert-OH is 2. The summed E-state index contributed by atoms with van der Waals surface area (Å²) in [5, 5.41) is 19.5. The van der Waals surface area contributed by atoms with Crippen LogP contribution in [0.5, 0.6) is 0 Å². The van der Waals surface area contributed by atoms with Gasteiger partial charge in [0.1, 0.15) is 11.9 Å². The van der Waals surface area contributed by atoms with Crippen LogP contribution in [-0.4, -0.2) is 62.7 Å². The van der Waals surface area contributed by atoms with Gasteiger partial charge in [-0.15, -0.1) is 11.8 Å². The van der Waals surface area contributed by atoms with E-state index in [2.05, 4.69) is 4.98 Å². The molecular weight excluding hydrogens is 318 g/mol. The molecule has 4 atom stereocenters. The summed E-state index contributed by atoms with van der Waals surface area (Å²) in [6.45, 7) is 5.80. The van der Waals surface area contributed by atoms with E-state index in [1.54, 1.807) is 17.2 Å². The minimum atomic E-state index is -0.852. The van der Waals surface area contributed by atoms with Gasteiger partial charge >= 0.3 is 5.69 Å². The number of aliphatic hydroxyl groups is 2. The van der Waals surface area contributed by atoms with Crippen LogP contribution < -0.4 is 10.6 Å². The SMILES string of the molecule is CN(C)c1ccn([C@H]2O[C@@H](CO)[C@@H](O)[C@@H]2SC(C)(C)C)c(=O)n1. The number of hydrogen-bond acceptors (Lipinski definition) is 7. The van der Waals surface area contributed by atoms with Gasteiger partial charge in [-0.1, -0.05) is 20.8 Å². The van der Waals surface area contributed by atoms with Crippen LogP contribution in [0.2, 0.25) is 0 Å². The van der Waals surface area contributed by atoms with E-state index in [1.165, 1.54) is 16.3 Å². The highest BCUT2D eigenvalue weighted by Crippen LogP contribution is 2.42. The molecule has 1 fully saturated rings. The molecule has 0 bridgehead atoms. The summed E-state index contributed by atoms with van der Waals surface area (Å²) in [6.07, 6.45) is -0.601. The Morgan fingerprint density at radius 2 is 2.09 bits per heavy atom. The first-order chi connectivity index (χ1) is 10.6. The fourth-order valence-corrected chi connectivity index (χ4v) is 3.92. The van der Waals surface area contributed by atoms with Crippen molar-refractivity contribution in [2.45, 2.75) is 49.2 Å². The summed E-state index contributed by atoms with van der Waals surface area (Å²) in [5.74, 6) is 0.559. The lowest BCUT2D eigenvalue weighted by Gasteiger charge is -2.28. The lowest BCUT2D eigenvalue weighted by molar-refractivity contribution is -0.0456. The van der Waals surface area contributed by atoms with Crippen molar-refractivity contribution in [1.82, 2.24) is 9.55 Å². The van der Waals surface area contributed by atoms with Crippen LogP contribution >= 0.6 is 11.8 Å². The van der Waals surface area contributed by atoms with Crippen molar-refractivity contribution in [3.63, 3.8) is 0 Å². The highest BCUT2D eigenvalue weighted by Gasteiger charge is 2.46. The number of anilines is 1. The maximum absolute atomic E-state index is 12.3. The number of ether oxygens (including phenoxy) is 1. The molecule has 0 spiro atoms. The van der Waals surface area contributed by atoms with E-state index in [0.29, 0.717) is 5.82 Å². The monoisotopic (exact) mass is 343 g/mol. The molecule has 0 unspecified atom stereocenters. The molecule has 8 heteroatoms. The summed E-state index contributed by atoms with van der Waals surface area (Å²) < 4.78 is 6.99. The van der Waals surface area contributed by atoms with E-state index in [1.807, 2.05) is 34.9 Å². The summed E-state index contributed by atoms with van der Waals surface area (Å²) in [6, 6.07) is 1.72. The Morgan fingerprint density at radius 3 is 2.57 bits per heavy atom. The van der Waals surface area contributed by atoms with Gasteiger partial charge in [-0.3, -0.25) is 4.57 Å². The molecule has 0 saturated carbocycles. The molecule has 0 amide bonds. The molecule has 1 aromatic rings. The largest absolute Gasteiger partial charge is 0.394 e. The lowest BCUT2D eigenvalue weighted by Crippen LogP contribution is -2.36. The van der Waals surface area contributed by atoms with Crippen molar-refractivity contribution in [1.29, 1.82) is 0 Å². The minimum absolute atomic E-state index is 0.127. The van der Waals surface area contributed by atoms with Gasteiger partial charge < -0.3 is 19.8 Å². The summed E-state index contributed by atoms with van der Waals surface area (Å²) >= 11 is 1.53. The molecule has 7 nitrogen and oxygen atoms in total. The molecule has 130 valence electrons. The number of hydrogen-bond donors (Lipinski definition) is 2. The van der Waals surface area contributed by atoms with Crippen LogP contribution in [0.15, 0.2) is 17.1 Å². The normalized spacial score (nSPS) is 28.1. The van der Waals surface area contributed by atoms with Gasteiger partial charge in [-0.2, -0.15) is 4.98 Å². The molecule has 0 radical (unpaired) electrons. The van der Waals surface area contributed by atoms with Crippen molar-refractivity contribution >= 4 is 17.6 Å². The van der Waals surface area contributed by atoms with Crippen LogP contribution in [0.4, 0.5) is 5.82 Å². The molecule has 2 N–H and O–H groups in total. The van der Waals surface area contributed by atoms with Gasteiger partial charge in [0.2, 0.25) is 0 Å². The zero-order chi connectivity index (χ0) is 17.4. The molecule has 0 aliphatic carbocycles. The predicted octanol–water partition coefficient (Wildman–Crippen LogP) is 0.460. The zero-order valence-electron chi connectivity index (χ0n) is 14.1. The molecule has 1 aromatic heterocycles. The van der Waals surface area contributed by atoms with Gasteiger partial charge in [-0.25, -0.2) is 4.79 Å². The smallest absolute Gasteiger partial charge is 0.351 e. The average Bonchev–Trinajstić information content (AvgIpc) is 2.74. The molecule has 1 aliphatic heterocycles. The second-order valence-corrected chi connectivity index (χ2v) is 8.81. The zero-order valence-corrected chi connectivity index (χ0v) is 14.9. The predicted molar refractivity (Wildman–Crippen MR) is 91.0 cm³/mol. The van der Waals surface area contributed by atoms with Gasteiger partial charge in [0.15, 0.2) is 6.23 Å². The molecule has 2 heterocycles. The third-order valence-electron chi connectivity index (χ3n) is 3.53. The quantitative estimate of drug-likeness (QED) is 0.821. The van der Waals surface area contributed by atoms with Crippen molar-refractivity contribution in [2.75, 3.05) is 25.6 Å². The Labute approximate surface area is 140 Å². The van der Waals surface area contributed by atoms with Crippen molar-refractivity contribution in [3.8, 4) is 0 Å². The van der Waals surface area contributed by atoms with Crippen molar-refractivity contribution in [2.24, 2.45) is 0 Å². The molecule has 2 rings (SSSR count). The first-order valence-corrected chi connectivity index (χ1v) is 8.40. The van der Waals surface area contributed by atoms with Gasteiger partial charge in [0, 0.05) is 25.0 Å². The molecule has 1 saturated heterocycles. The lowest BCUT2D eigenvalue weighted by atomic mass is 10.2. The molecule has 1 aliphatic rings. The maximum atomic E-state index is 12.3. The van der Waals surface area contributed by atoms with Crippen LogP contribution in [0.1, 0.15) is 27.0 Å². The van der Waals surface area contributed by atoms with E-state index in [-0.39, 0.29) is 16.6 Å². The van der Waals surface area contributed by atoms with Crippen LogP contribution in [0.25, 0.3) is 0 Å². The van der Waals surface area contributed by atoms with Crippen LogP contribution in [0, 0.1) is 0 Å². The number of thioether (sulfide) groups is 1. The highest BCUT2D eigenvalue weighted by atomic mass is 32.2. The first kappa shape index (κ1) is 18.3. The van der Waals surface area contributed by atoms with Crippen molar-refractivity contribution in [3.05, 3.63) is 22.7 Å². The van der Waals surface area contributed by atoms with Crippen molar-refractivity contribution < 1.29 is 14.9 Å². The van der Waals surface area contributed by atoms with E-state index in [0.717, 1.165) is 0 Å². The van der Waals surface area contributed by atoms with Gasteiger partial charge in [0.25, 0.3) is 0 Å². The minimum Gasteiger partial charge on any atom is -0.394 e. The van der Waals surface area contributed by atoms with E-state index in [9.17, 15) is 15.0 Å². The summed E-state index contributed by atoms with van der Waals surface area (Å²) in [5.41, 5.74) is -0.438. The molecule has 23 heavy (non-hydrogen) atoms. The number of rotatable bonds is 4. The molecular formula is C15H25N3O4S. The number of nitrogens with zero attached hydrogens (tertiary/aromatic N) is 3. The average molecular weight is 343 g/mol. The Balaban J connectivity index is 2.37. The third kappa shape index (κ3) is 4.06. The summed E-state index contributed by atoms with van der Waals surface area (Å²) in [4.78, 5) is 18.1.